The Morgan fingerprint density at radius 1 is 1.46 bits per heavy atom. The van der Waals surface area contributed by atoms with Crippen molar-refractivity contribution in [2.45, 2.75) is 12.2 Å². The number of aliphatic hydroxyl groups excluding tert-OH is 4. The van der Waals surface area contributed by atoms with E-state index in [0.29, 0.717) is 0 Å². The number of halogens is 1. The summed E-state index contributed by atoms with van der Waals surface area (Å²) in [4.78, 5) is 10.5. The van der Waals surface area contributed by atoms with E-state index in [1.807, 2.05) is 0 Å². The molecule has 0 saturated carbocycles. The maximum atomic E-state index is 10.5. The number of carbonyl (C=O) groups excluding carboxylic acids is 1. The molecule has 0 aliphatic carbocycles. The van der Waals surface area contributed by atoms with Crippen molar-refractivity contribution in [2.24, 2.45) is 0 Å². The third-order valence-corrected chi connectivity index (χ3v) is 1.48. The van der Waals surface area contributed by atoms with Crippen LogP contribution in [0.15, 0.2) is 11.5 Å². The summed E-state index contributed by atoms with van der Waals surface area (Å²) in [5.41, 5.74) is 0. The summed E-state index contributed by atoms with van der Waals surface area (Å²) in [6.45, 7) is -0.671. The molecule has 6 nitrogen and oxygen atoms in total. The second-order valence-corrected chi connectivity index (χ2v) is 2.31. The molecule has 0 bridgehead atoms. The standard InChI is InChI=1S/C6H8O6.BrH/c7-1-2(8)5-3(9)4(10)6(11)12-5;/h2,5,7-10H,1H2;1H/t2-,5+;/m0./s1. The maximum absolute atomic E-state index is 10.5. The van der Waals surface area contributed by atoms with Crippen LogP contribution in [0.1, 0.15) is 0 Å². The number of ether oxygens (including phenoxy) is 1. The zero-order chi connectivity index (χ0) is 9.30. The number of hydrogen-bond donors (Lipinski definition) is 4. The van der Waals surface area contributed by atoms with Gasteiger partial charge in [0.2, 0.25) is 5.76 Å². The van der Waals surface area contributed by atoms with Gasteiger partial charge in [0.1, 0.15) is 6.10 Å². The molecule has 0 aromatic heterocycles. The smallest absolute Gasteiger partial charge is 0.377 e. The van der Waals surface area contributed by atoms with Gasteiger partial charge in [0, 0.05) is 0 Å². The van der Waals surface area contributed by atoms with Crippen molar-refractivity contribution >= 4 is 23.0 Å². The van der Waals surface area contributed by atoms with E-state index in [2.05, 4.69) is 4.74 Å². The lowest BCUT2D eigenvalue weighted by atomic mass is 10.2. The van der Waals surface area contributed by atoms with E-state index in [0.717, 1.165) is 0 Å². The molecule has 2 atom stereocenters. The molecular weight excluding hydrogens is 248 g/mol. The first kappa shape index (κ1) is 12.2. The Hall–Kier alpha value is -0.790. The lowest BCUT2D eigenvalue weighted by Gasteiger charge is -2.13. The van der Waals surface area contributed by atoms with E-state index >= 15 is 0 Å². The molecule has 1 aliphatic rings. The van der Waals surface area contributed by atoms with Gasteiger partial charge < -0.3 is 25.2 Å². The van der Waals surface area contributed by atoms with Crippen LogP contribution in [-0.4, -0.2) is 45.2 Å². The van der Waals surface area contributed by atoms with Crippen molar-refractivity contribution in [1.82, 2.24) is 0 Å². The molecule has 0 spiro atoms. The Kier molecular flexibility index (Phi) is 4.18. The van der Waals surface area contributed by atoms with E-state index < -0.39 is 36.3 Å². The molecule has 13 heavy (non-hydrogen) atoms. The summed E-state index contributed by atoms with van der Waals surface area (Å²) >= 11 is 0. The summed E-state index contributed by atoms with van der Waals surface area (Å²) in [7, 11) is 0. The van der Waals surface area contributed by atoms with E-state index in [-0.39, 0.29) is 17.0 Å². The molecule has 0 aromatic rings. The van der Waals surface area contributed by atoms with Crippen LogP contribution < -0.4 is 0 Å². The van der Waals surface area contributed by atoms with E-state index in [9.17, 15) is 4.79 Å². The molecular formula is C6H9BrO6. The molecule has 0 fully saturated rings. The first-order valence-electron chi connectivity index (χ1n) is 3.20. The molecule has 0 radical (unpaired) electrons. The molecule has 7 heteroatoms. The second kappa shape index (κ2) is 4.45. The van der Waals surface area contributed by atoms with Gasteiger partial charge in [-0.25, -0.2) is 4.79 Å². The van der Waals surface area contributed by atoms with Gasteiger partial charge in [-0.1, -0.05) is 0 Å². The first-order chi connectivity index (χ1) is 5.57. The lowest BCUT2D eigenvalue weighted by molar-refractivity contribution is -0.147. The zero-order valence-electron chi connectivity index (χ0n) is 6.38. The number of cyclic esters (lactones) is 1. The highest BCUT2D eigenvalue weighted by Gasteiger charge is 2.38. The summed E-state index contributed by atoms with van der Waals surface area (Å²) in [6, 6.07) is 0. The highest BCUT2D eigenvalue weighted by molar-refractivity contribution is 8.93. The average molecular weight is 257 g/mol. The third kappa shape index (κ3) is 2.11. The largest absolute Gasteiger partial charge is 0.505 e. The van der Waals surface area contributed by atoms with Crippen LogP contribution in [0.2, 0.25) is 0 Å². The topological polar surface area (TPSA) is 107 Å². The fraction of sp³-hybridized carbons (Fsp3) is 0.500. The maximum Gasteiger partial charge on any atom is 0.377 e. The van der Waals surface area contributed by atoms with Crippen LogP contribution >= 0.6 is 17.0 Å². The van der Waals surface area contributed by atoms with Crippen molar-refractivity contribution in [2.75, 3.05) is 6.61 Å². The Morgan fingerprint density at radius 3 is 2.31 bits per heavy atom. The monoisotopic (exact) mass is 256 g/mol. The van der Waals surface area contributed by atoms with E-state index in [1.165, 1.54) is 0 Å². The minimum atomic E-state index is -1.42. The van der Waals surface area contributed by atoms with Gasteiger partial charge >= 0.3 is 5.97 Å². The molecule has 4 N–H and O–H groups in total. The Morgan fingerprint density at radius 2 is 2.00 bits per heavy atom. The SMILES string of the molecule is Br.O=C1O[C@H]([C@@H](O)CO)C(O)=C1O. The molecule has 1 heterocycles. The minimum Gasteiger partial charge on any atom is -0.505 e. The molecule has 1 aliphatic heterocycles. The molecule has 76 valence electrons. The molecule has 0 saturated heterocycles. The van der Waals surface area contributed by atoms with Gasteiger partial charge in [-0.3, -0.25) is 0 Å². The van der Waals surface area contributed by atoms with Crippen molar-refractivity contribution < 1.29 is 30.0 Å². The van der Waals surface area contributed by atoms with Crippen molar-refractivity contribution in [1.29, 1.82) is 0 Å². The molecule has 0 amide bonds. The fourth-order valence-electron chi connectivity index (χ4n) is 0.823. The second-order valence-electron chi connectivity index (χ2n) is 2.31. The van der Waals surface area contributed by atoms with Gasteiger partial charge in [0.15, 0.2) is 11.9 Å². The van der Waals surface area contributed by atoms with Crippen LogP contribution in [0.4, 0.5) is 0 Å². The first-order valence-corrected chi connectivity index (χ1v) is 3.20. The number of rotatable bonds is 2. The van der Waals surface area contributed by atoms with Crippen LogP contribution in [0.25, 0.3) is 0 Å². The lowest BCUT2D eigenvalue weighted by Crippen LogP contribution is -2.31. The van der Waals surface area contributed by atoms with Gasteiger partial charge in [-0.05, 0) is 0 Å². The molecule has 0 unspecified atom stereocenters. The van der Waals surface area contributed by atoms with Crippen LogP contribution in [0, 0.1) is 0 Å². The number of esters is 1. The van der Waals surface area contributed by atoms with E-state index in [1.54, 1.807) is 0 Å². The van der Waals surface area contributed by atoms with Gasteiger partial charge in [-0.15, -0.1) is 17.0 Å². The zero-order valence-corrected chi connectivity index (χ0v) is 8.09. The fourth-order valence-corrected chi connectivity index (χ4v) is 0.823. The summed E-state index contributed by atoms with van der Waals surface area (Å²) < 4.78 is 4.32. The van der Waals surface area contributed by atoms with Crippen molar-refractivity contribution in [3.05, 3.63) is 11.5 Å². The highest BCUT2D eigenvalue weighted by Crippen LogP contribution is 2.20. The number of aliphatic hydroxyl groups is 4. The number of hydrogen-bond acceptors (Lipinski definition) is 6. The Labute approximate surface area is 83.8 Å². The third-order valence-electron chi connectivity index (χ3n) is 1.48. The van der Waals surface area contributed by atoms with Gasteiger partial charge in [0.05, 0.1) is 6.61 Å². The normalized spacial score (nSPS) is 23.8. The van der Waals surface area contributed by atoms with Crippen molar-refractivity contribution in [3.63, 3.8) is 0 Å². The molecule has 1 rings (SSSR count). The quantitative estimate of drug-likeness (QED) is 0.481. The minimum absolute atomic E-state index is 0. The van der Waals surface area contributed by atoms with Crippen LogP contribution in [-0.2, 0) is 9.53 Å². The highest BCUT2D eigenvalue weighted by atomic mass is 79.9. The average Bonchev–Trinajstić information content (AvgIpc) is 2.32. The predicted molar refractivity (Wildman–Crippen MR) is 45.6 cm³/mol. The van der Waals surface area contributed by atoms with Crippen LogP contribution in [0.3, 0.4) is 0 Å². The van der Waals surface area contributed by atoms with Crippen molar-refractivity contribution in [3.8, 4) is 0 Å². The summed E-state index contributed by atoms with van der Waals surface area (Å²) in [6.07, 6.45) is -2.78. The number of carbonyl (C=O) groups is 1. The van der Waals surface area contributed by atoms with Crippen LogP contribution in [0.5, 0.6) is 0 Å². The van der Waals surface area contributed by atoms with E-state index in [4.69, 9.17) is 20.4 Å². The van der Waals surface area contributed by atoms with Gasteiger partial charge in [-0.2, -0.15) is 0 Å². The predicted octanol–water partition coefficient (Wildman–Crippen LogP) is -0.829. The van der Waals surface area contributed by atoms with Gasteiger partial charge in [0.25, 0.3) is 0 Å². The summed E-state index contributed by atoms with van der Waals surface area (Å²) in [5, 5.41) is 35.0. The summed E-state index contributed by atoms with van der Waals surface area (Å²) in [5.74, 6) is -2.78. The molecule has 0 aromatic carbocycles. The Bertz CT molecular complexity index is 237. The Balaban J connectivity index is 0.00000144.